The Morgan fingerprint density at radius 2 is 1.97 bits per heavy atom. The van der Waals surface area contributed by atoms with Crippen molar-refractivity contribution in [1.29, 1.82) is 0 Å². The van der Waals surface area contributed by atoms with Gasteiger partial charge >= 0.3 is 6.03 Å². The lowest BCUT2D eigenvalue weighted by Crippen LogP contribution is -2.44. The van der Waals surface area contributed by atoms with Gasteiger partial charge in [0.1, 0.15) is 13.2 Å². The van der Waals surface area contributed by atoms with E-state index in [1.807, 2.05) is 18.2 Å². The summed E-state index contributed by atoms with van der Waals surface area (Å²) in [5, 5.41) is 8.13. The van der Waals surface area contributed by atoms with Crippen LogP contribution in [0.15, 0.2) is 35.7 Å². The summed E-state index contributed by atoms with van der Waals surface area (Å²) in [6.45, 7) is 6.70. The van der Waals surface area contributed by atoms with Gasteiger partial charge in [0.05, 0.1) is 6.04 Å². The molecule has 1 unspecified atom stereocenters. The first-order chi connectivity index (χ1) is 14.2. The van der Waals surface area contributed by atoms with Gasteiger partial charge in [0.15, 0.2) is 11.5 Å². The van der Waals surface area contributed by atoms with Gasteiger partial charge in [-0.15, -0.1) is 11.3 Å². The molecule has 6 nitrogen and oxygen atoms in total. The molecule has 0 radical (unpaired) electrons. The molecule has 0 bridgehead atoms. The molecule has 1 saturated heterocycles. The van der Waals surface area contributed by atoms with Gasteiger partial charge in [0.25, 0.3) is 0 Å². The highest BCUT2D eigenvalue weighted by atomic mass is 32.1. The Bertz CT molecular complexity index is 804. The highest BCUT2D eigenvalue weighted by Gasteiger charge is 2.25. The van der Waals surface area contributed by atoms with Gasteiger partial charge in [-0.05, 0) is 61.0 Å². The highest BCUT2D eigenvalue weighted by Crippen LogP contribution is 2.31. The Morgan fingerprint density at radius 3 is 2.72 bits per heavy atom. The predicted molar refractivity (Wildman–Crippen MR) is 115 cm³/mol. The predicted octanol–water partition coefficient (Wildman–Crippen LogP) is 3.79. The molecule has 29 heavy (non-hydrogen) atoms. The summed E-state index contributed by atoms with van der Waals surface area (Å²) < 4.78 is 11.1. The summed E-state index contributed by atoms with van der Waals surface area (Å²) in [6.07, 6.45) is 2.44. The van der Waals surface area contributed by atoms with Gasteiger partial charge in [-0.1, -0.05) is 19.1 Å². The van der Waals surface area contributed by atoms with Crippen LogP contribution in [-0.4, -0.2) is 43.8 Å². The van der Waals surface area contributed by atoms with E-state index in [2.05, 4.69) is 40.0 Å². The molecule has 1 atom stereocenters. The fraction of sp³-hybridized carbons (Fsp3) is 0.500. The average Bonchev–Trinajstić information content (AvgIpc) is 3.28. The average molecular weight is 416 g/mol. The van der Waals surface area contributed by atoms with Crippen molar-refractivity contribution in [2.24, 2.45) is 5.92 Å². The van der Waals surface area contributed by atoms with Crippen LogP contribution in [-0.2, 0) is 6.54 Å². The third-order valence-corrected chi connectivity index (χ3v) is 6.62. The molecule has 2 amide bonds. The zero-order chi connectivity index (χ0) is 20.1. The largest absolute Gasteiger partial charge is 0.486 e. The summed E-state index contributed by atoms with van der Waals surface area (Å²) in [7, 11) is 0. The van der Waals surface area contributed by atoms with Crippen molar-refractivity contribution in [3.05, 3.63) is 46.2 Å². The minimum absolute atomic E-state index is 0.146. The second-order valence-corrected chi connectivity index (χ2v) is 8.77. The number of rotatable bonds is 6. The van der Waals surface area contributed by atoms with E-state index in [0.29, 0.717) is 26.3 Å². The zero-order valence-corrected chi connectivity index (χ0v) is 17.7. The second kappa shape index (κ2) is 9.50. The third kappa shape index (κ3) is 5.22. The number of piperidine rings is 1. The number of benzene rings is 1. The number of carbonyl (C=O) groups excluding carboxylic acids is 1. The Morgan fingerprint density at radius 1 is 1.17 bits per heavy atom. The SMILES string of the molecule is CC1CCN(C(CNC(=O)NCc2ccc3c(c2)OCCO3)c2cccs2)CC1. The lowest BCUT2D eigenvalue weighted by atomic mass is 9.97. The van der Waals surface area contributed by atoms with Crippen molar-refractivity contribution in [3.8, 4) is 11.5 Å². The number of likely N-dealkylation sites (tertiary alicyclic amines) is 1. The lowest BCUT2D eigenvalue weighted by molar-refractivity contribution is 0.138. The molecule has 3 heterocycles. The Labute approximate surface area is 176 Å². The van der Waals surface area contributed by atoms with Crippen LogP contribution in [0.25, 0.3) is 0 Å². The summed E-state index contributed by atoms with van der Waals surface area (Å²) >= 11 is 1.76. The monoisotopic (exact) mass is 415 g/mol. The van der Waals surface area contributed by atoms with Crippen LogP contribution in [0.2, 0.25) is 0 Å². The van der Waals surface area contributed by atoms with Crippen LogP contribution in [0.3, 0.4) is 0 Å². The van der Waals surface area contributed by atoms with Crippen LogP contribution < -0.4 is 20.1 Å². The first-order valence-electron chi connectivity index (χ1n) is 10.4. The molecule has 0 spiro atoms. The number of thiophene rings is 1. The number of hydrogen-bond donors (Lipinski definition) is 2. The molecular weight excluding hydrogens is 386 g/mol. The normalized spacial score (nSPS) is 18.2. The molecule has 2 aliphatic rings. The Balaban J connectivity index is 1.30. The lowest BCUT2D eigenvalue weighted by Gasteiger charge is -2.36. The number of fused-ring (bicyclic) bond motifs is 1. The van der Waals surface area contributed by atoms with Crippen molar-refractivity contribution < 1.29 is 14.3 Å². The molecule has 2 N–H and O–H groups in total. The van der Waals surface area contributed by atoms with Gasteiger partial charge in [0.2, 0.25) is 0 Å². The number of carbonyl (C=O) groups is 1. The summed E-state index contributed by atoms with van der Waals surface area (Å²) in [4.78, 5) is 16.2. The first-order valence-corrected chi connectivity index (χ1v) is 11.2. The molecule has 4 rings (SSSR count). The van der Waals surface area contributed by atoms with Gasteiger partial charge in [-0.25, -0.2) is 4.79 Å². The third-order valence-electron chi connectivity index (χ3n) is 5.65. The van der Waals surface area contributed by atoms with E-state index in [4.69, 9.17) is 9.47 Å². The smallest absolute Gasteiger partial charge is 0.315 e. The number of urea groups is 1. The number of hydrogen-bond acceptors (Lipinski definition) is 5. The maximum Gasteiger partial charge on any atom is 0.315 e. The van der Waals surface area contributed by atoms with E-state index in [1.54, 1.807) is 11.3 Å². The molecule has 2 aliphatic heterocycles. The molecule has 156 valence electrons. The molecule has 1 fully saturated rings. The van der Waals surface area contributed by atoms with Crippen molar-refractivity contribution >= 4 is 17.4 Å². The molecule has 0 aliphatic carbocycles. The van der Waals surface area contributed by atoms with E-state index >= 15 is 0 Å². The van der Waals surface area contributed by atoms with Gasteiger partial charge in [-0.2, -0.15) is 0 Å². The summed E-state index contributed by atoms with van der Waals surface area (Å²) in [6, 6.07) is 10.1. The molecule has 7 heteroatoms. The van der Waals surface area contributed by atoms with Crippen LogP contribution in [0.4, 0.5) is 4.79 Å². The molecular formula is C22H29N3O3S. The summed E-state index contributed by atoms with van der Waals surface area (Å²) in [5.74, 6) is 2.30. The number of nitrogens with one attached hydrogen (secondary N) is 2. The van der Waals surface area contributed by atoms with Gasteiger partial charge in [0, 0.05) is 18.0 Å². The molecule has 0 saturated carbocycles. The quantitative estimate of drug-likeness (QED) is 0.754. The topological polar surface area (TPSA) is 62.8 Å². The van der Waals surface area contributed by atoms with E-state index in [-0.39, 0.29) is 12.1 Å². The van der Waals surface area contributed by atoms with Crippen molar-refractivity contribution in [2.75, 3.05) is 32.8 Å². The number of ether oxygens (including phenoxy) is 2. The zero-order valence-electron chi connectivity index (χ0n) is 16.9. The Kier molecular flexibility index (Phi) is 6.56. The summed E-state index contributed by atoms with van der Waals surface area (Å²) in [5.41, 5.74) is 0.990. The van der Waals surface area contributed by atoms with Crippen molar-refractivity contribution in [1.82, 2.24) is 15.5 Å². The van der Waals surface area contributed by atoms with Gasteiger partial charge < -0.3 is 20.1 Å². The second-order valence-electron chi connectivity index (χ2n) is 7.79. The Hall–Kier alpha value is -2.25. The van der Waals surface area contributed by atoms with Crippen LogP contribution in [0, 0.1) is 5.92 Å². The van der Waals surface area contributed by atoms with Crippen LogP contribution >= 0.6 is 11.3 Å². The van der Waals surface area contributed by atoms with Gasteiger partial charge in [-0.3, -0.25) is 4.90 Å². The molecule has 1 aromatic heterocycles. The van der Waals surface area contributed by atoms with E-state index in [0.717, 1.165) is 36.1 Å². The van der Waals surface area contributed by atoms with Crippen LogP contribution in [0.1, 0.15) is 36.2 Å². The maximum absolute atomic E-state index is 12.4. The number of nitrogens with zero attached hydrogens (tertiary/aromatic N) is 1. The molecule has 2 aromatic rings. The fourth-order valence-corrected chi connectivity index (χ4v) is 4.72. The maximum atomic E-state index is 12.4. The minimum Gasteiger partial charge on any atom is -0.486 e. The van der Waals surface area contributed by atoms with E-state index in [1.165, 1.54) is 17.7 Å². The number of amides is 2. The van der Waals surface area contributed by atoms with E-state index < -0.39 is 0 Å². The fourth-order valence-electron chi connectivity index (χ4n) is 3.86. The van der Waals surface area contributed by atoms with Crippen molar-refractivity contribution in [3.63, 3.8) is 0 Å². The van der Waals surface area contributed by atoms with E-state index in [9.17, 15) is 4.79 Å². The first kappa shape index (κ1) is 20.0. The standard InChI is InChI=1S/C22H29N3O3S/c1-16-6-8-25(9-7-16)18(21-3-2-12-29-21)15-24-22(26)23-14-17-4-5-19-20(13-17)28-11-10-27-19/h2-5,12-13,16,18H,6-11,14-15H2,1H3,(H2,23,24,26). The highest BCUT2D eigenvalue weighted by molar-refractivity contribution is 7.10. The minimum atomic E-state index is -0.146. The van der Waals surface area contributed by atoms with Crippen LogP contribution in [0.5, 0.6) is 11.5 Å². The van der Waals surface area contributed by atoms with Crippen molar-refractivity contribution in [2.45, 2.75) is 32.4 Å². The molecule has 1 aromatic carbocycles.